The molecule has 1 aromatic heterocycles. The molecule has 0 amide bonds. The summed E-state index contributed by atoms with van der Waals surface area (Å²) in [7, 11) is 3.18. The Kier molecular flexibility index (Phi) is 8.61. The number of rotatable bonds is 10. The second kappa shape index (κ2) is 11.6. The first-order valence-corrected chi connectivity index (χ1v) is 10.8. The SMILES string of the molecule is CCNC(=NCC(c1ccco1)N1CCCC1)NCC(O)c1cc(OC)cc(OC)c1. The fourth-order valence-corrected chi connectivity index (χ4v) is 3.77. The summed E-state index contributed by atoms with van der Waals surface area (Å²) in [6, 6.07) is 9.43. The number of hydrogen-bond donors (Lipinski definition) is 3. The van der Waals surface area contributed by atoms with Crippen LogP contribution in [0.5, 0.6) is 11.5 Å². The van der Waals surface area contributed by atoms with E-state index in [1.165, 1.54) is 12.8 Å². The van der Waals surface area contributed by atoms with Crippen LogP contribution in [0.15, 0.2) is 46.0 Å². The number of hydrogen-bond acceptors (Lipinski definition) is 6. The number of nitrogens with zero attached hydrogens (tertiary/aromatic N) is 2. The molecule has 1 aliphatic heterocycles. The Balaban J connectivity index is 1.66. The van der Waals surface area contributed by atoms with Gasteiger partial charge < -0.3 is 29.6 Å². The molecule has 3 N–H and O–H groups in total. The number of furan rings is 1. The molecule has 1 aliphatic rings. The van der Waals surface area contributed by atoms with Crippen LogP contribution in [-0.2, 0) is 0 Å². The molecule has 8 nitrogen and oxygen atoms in total. The molecule has 2 atom stereocenters. The van der Waals surface area contributed by atoms with E-state index < -0.39 is 6.10 Å². The zero-order valence-corrected chi connectivity index (χ0v) is 18.6. The number of likely N-dealkylation sites (tertiary alicyclic amines) is 1. The van der Waals surface area contributed by atoms with E-state index in [2.05, 4.69) is 15.5 Å². The summed E-state index contributed by atoms with van der Waals surface area (Å²) in [5.74, 6) is 2.87. The zero-order chi connectivity index (χ0) is 22.1. The van der Waals surface area contributed by atoms with Gasteiger partial charge in [-0.2, -0.15) is 0 Å². The number of methoxy groups -OCH3 is 2. The van der Waals surface area contributed by atoms with Crippen LogP contribution in [0.4, 0.5) is 0 Å². The van der Waals surface area contributed by atoms with Crippen molar-refractivity contribution in [3.63, 3.8) is 0 Å². The maximum atomic E-state index is 10.7. The van der Waals surface area contributed by atoms with Gasteiger partial charge in [-0.3, -0.25) is 9.89 Å². The van der Waals surface area contributed by atoms with Crippen molar-refractivity contribution in [2.75, 3.05) is 46.9 Å². The van der Waals surface area contributed by atoms with Gasteiger partial charge in [0.1, 0.15) is 17.3 Å². The third-order valence-corrected chi connectivity index (χ3v) is 5.44. The topological polar surface area (TPSA) is 91.5 Å². The van der Waals surface area contributed by atoms with E-state index in [4.69, 9.17) is 18.9 Å². The number of nitrogens with one attached hydrogen (secondary N) is 2. The molecule has 3 rings (SSSR count). The highest BCUT2D eigenvalue weighted by molar-refractivity contribution is 5.79. The Morgan fingerprint density at radius 2 is 1.87 bits per heavy atom. The highest BCUT2D eigenvalue weighted by Crippen LogP contribution is 2.27. The zero-order valence-electron chi connectivity index (χ0n) is 18.6. The lowest BCUT2D eigenvalue weighted by Crippen LogP contribution is -2.40. The highest BCUT2D eigenvalue weighted by Gasteiger charge is 2.25. The molecular weight excluding hydrogens is 396 g/mol. The fourth-order valence-electron chi connectivity index (χ4n) is 3.77. The molecule has 0 radical (unpaired) electrons. The van der Waals surface area contributed by atoms with Crippen LogP contribution in [0.25, 0.3) is 0 Å². The lowest BCUT2D eigenvalue weighted by Gasteiger charge is -2.25. The lowest BCUT2D eigenvalue weighted by atomic mass is 10.1. The molecule has 2 unspecified atom stereocenters. The number of ether oxygens (including phenoxy) is 2. The Morgan fingerprint density at radius 3 is 2.45 bits per heavy atom. The Hall–Kier alpha value is -2.71. The number of benzene rings is 1. The molecule has 2 aromatic rings. The molecule has 170 valence electrons. The maximum absolute atomic E-state index is 10.7. The van der Waals surface area contributed by atoms with E-state index in [1.54, 1.807) is 38.7 Å². The van der Waals surface area contributed by atoms with Crippen molar-refractivity contribution in [3.8, 4) is 11.5 Å². The van der Waals surface area contributed by atoms with Gasteiger partial charge in [-0.1, -0.05) is 0 Å². The monoisotopic (exact) mass is 430 g/mol. The number of guanidine groups is 1. The van der Waals surface area contributed by atoms with Gasteiger partial charge in [-0.25, -0.2) is 0 Å². The van der Waals surface area contributed by atoms with Crippen molar-refractivity contribution in [1.29, 1.82) is 0 Å². The van der Waals surface area contributed by atoms with Crippen molar-refractivity contribution in [2.24, 2.45) is 4.99 Å². The van der Waals surface area contributed by atoms with Crippen LogP contribution in [0.1, 0.15) is 43.2 Å². The standard InChI is InChI=1S/C23H34N4O4/c1-4-24-23(25-15-20(22-8-7-11-31-22)27-9-5-6-10-27)26-16-21(28)17-12-18(29-2)14-19(13-17)30-3/h7-8,11-14,20-21,28H,4-6,9-10,15-16H2,1-3H3,(H2,24,25,26). The minimum absolute atomic E-state index is 0.112. The van der Waals surface area contributed by atoms with Gasteiger partial charge in [0.25, 0.3) is 0 Å². The summed E-state index contributed by atoms with van der Waals surface area (Å²) in [6.07, 6.45) is 3.38. The summed E-state index contributed by atoms with van der Waals surface area (Å²) in [5.41, 5.74) is 0.713. The first kappa shape index (κ1) is 23.0. The van der Waals surface area contributed by atoms with Gasteiger partial charge in [0.05, 0.1) is 39.2 Å². The summed E-state index contributed by atoms with van der Waals surface area (Å²) < 4.78 is 16.3. The lowest BCUT2D eigenvalue weighted by molar-refractivity contribution is 0.180. The van der Waals surface area contributed by atoms with Gasteiger partial charge in [0.2, 0.25) is 0 Å². The van der Waals surface area contributed by atoms with Gasteiger partial charge in [-0.05, 0) is 62.7 Å². The van der Waals surface area contributed by atoms with Gasteiger partial charge in [0, 0.05) is 19.2 Å². The Bertz CT molecular complexity index is 797. The second-order valence-corrected chi connectivity index (χ2v) is 7.54. The van der Waals surface area contributed by atoms with E-state index >= 15 is 0 Å². The minimum atomic E-state index is -0.743. The smallest absolute Gasteiger partial charge is 0.191 e. The predicted octanol–water partition coefficient (Wildman–Crippen LogP) is 2.72. The summed E-state index contributed by atoms with van der Waals surface area (Å²) >= 11 is 0. The molecule has 8 heteroatoms. The Morgan fingerprint density at radius 1 is 1.16 bits per heavy atom. The maximum Gasteiger partial charge on any atom is 0.191 e. The van der Waals surface area contributed by atoms with E-state index in [-0.39, 0.29) is 6.04 Å². The van der Waals surface area contributed by atoms with Crippen LogP contribution in [0.2, 0.25) is 0 Å². The van der Waals surface area contributed by atoms with E-state index in [9.17, 15) is 5.11 Å². The second-order valence-electron chi connectivity index (χ2n) is 7.54. The molecule has 0 aliphatic carbocycles. The van der Waals surface area contributed by atoms with E-state index in [0.717, 1.165) is 25.4 Å². The molecule has 2 heterocycles. The average Bonchev–Trinajstić information content (AvgIpc) is 3.52. The highest BCUT2D eigenvalue weighted by atomic mass is 16.5. The first-order valence-electron chi connectivity index (χ1n) is 10.8. The van der Waals surface area contributed by atoms with Crippen molar-refractivity contribution < 1.29 is 19.0 Å². The fraction of sp³-hybridized carbons (Fsp3) is 0.522. The molecule has 1 fully saturated rings. The third-order valence-electron chi connectivity index (χ3n) is 5.44. The molecular formula is C23H34N4O4. The molecule has 31 heavy (non-hydrogen) atoms. The van der Waals surface area contributed by atoms with Crippen molar-refractivity contribution >= 4 is 5.96 Å². The molecule has 0 bridgehead atoms. The summed E-state index contributed by atoms with van der Waals surface area (Å²) in [4.78, 5) is 7.20. The minimum Gasteiger partial charge on any atom is -0.497 e. The van der Waals surface area contributed by atoms with Crippen LogP contribution in [0.3, 0.4) is 0 Å². The van der Waals surface area contributed by atoms with Crippen molar-refractivity contribution in [2.45, 2.75) is 31.9 Å². The largest absolute Gasteiger partial charge is 0.497 e. The van der Waals surface area contributed by atoms with Gasteiger partial charge >= 0.3 is 0 Å². The third kappa shape index (κ3) is 6.38. The van der Waals surface area contributed by atoms with Gasteiger partial charge in [-0.15, -0.1) is 0 Å². The molecule has 0 spiro atoms. The molecule has 1 saturated heterocycles. The van der Waals surface area contributed by atoms with Crippen LogP contribution < -0.4 is 20.1 Å². The van der Waals surface area contributed by atoms with Crippen LogP contribution in [-0.4, -0.2) is 62.9 Å². The first-order chi connectivity index (χ1) is 15.1. The summed E-state index contributed by atoms with van der Waals surface area (Å²) in [5, 5.41) is 17.2. The van der Waals surface area contributed by atoms with Crippen molar-refractivity contribution in [3.05, 3.63) is 47.9 Å². The predicted molar refractivity (Wildman–Crippen MR) is 121 cm³/mol. The number of aliphatic hydroxyl groups excluding tert-OH is 1. The van der Waals surface area contributed by atoms with E-state index in [0.29, 0.717) is 36.1 Å². The van der Waals surface area contributed by atoms with Crippen LogP contribution >= 0.6 is 0 Å². The Labute approximate surface area is 184 Å². The normalized spacial score (nSPS) is 16.7. The average molecular weight is 431 g/mol. The van der Waals surface area contributed by atoms with E-state index in [1.807, 2.05) is 19.1 Å². The van der Waals surface area contributed by atoms with Crippen LogP contribution in [0, 0.1) is 0 Å². The number of aliphatic imine (C=N–C) groups is 1. The van der Waals surface area contributed by atoms with Crippen molar-refractivity contribution in [1.82, 2.24) is 15.5 Å². The molecule has 0 saturated carbocycles. The molecule has 1 aromatic carbocycles. The van der Waals surface area contributed by atoms with Gasteiger partial charge in [0.15, 0.2) is 5.96 Å². The number of aliphatic hydroxyl groups is 1. The quantitative estimate of drug-likeness (QED) is 0.394. The summed E-state index contributed by atoms with van der Waals surface area (Å²) in [6.45, 7) is 5.74.